The van der Waals surface area contributed by atoms with Crippen LogP contribution in [0.2, 0.25) is 0 Å². The normalized spacial score (nSPS) is 16.6. The highest BCUT2D eigenvalue weighted by Crippen LogP contribution is 2.34. The van der Waals surface area contributed by atoms with Crippen LogP contribution in [-0.2, 0) is 11.3 Å². The van der Waals surface area contributed by atoms with E-state index >= 15 is 0 Å². The van der Waals surface area contributed by atoms with Crippen LogP contribution in [0.1, 0.15) is 18.4 Å². The van der Waals surface area contributed by atoms with Gasteiger partial charge < -0.3 is 14.2 Å². The Morgan fingerprint density at radius 2 is 2.00 bits per heavy atom. The van der Waals surface area contributed by atoms with Gasteiger partial charge in [0, 0.05) is 18.2 Å². The van der Waals surface area contributed by atoms with Crippen molar-refractivity contribution in [2.45, 2.75) is 25.7 Å². The highest BCUT2D eigenvalue weighted by atomic mass is 16.7. The molecule has 1 unspecified atom stereocenters. The third kappa shape index (κ3) is 3.58. The van der Waals surface area contributed by atoms with Crippen LogP contribution in [-0.4, -0.2) is 29.8 Å². The first-order valence-corrected chi connectivity index (χ1v) is 8.86. The molecule has 26 heavy (non-hydrogen) atoms. The molecule has 0 radical (unpaired) electrons. The van der Waals surface area contributed by atoms with Crippen molar-refractivity contribution in [2.24, 2.45) is 0 Å². The summed E-state index contributed by atoms with van der Waals surface area (Å²) in [5.74, 6) is 1.41. The van der Waals surface area contributed by atoms with Crippen molar-refractivity contribution in [3.63, 3.8) is 0 Å². The first kappa shape index (κ1) is 16.7. The predicted molar refractivity (Wildman–Crippen MR) is 99.4 cm³/mol. The molecule has 0 saturated carbocycles. The molecule has 1 fully saturated rings. The fourth-order valence-electron chi connectivity index (χ4n) is 3.17. The van der Waals surface area contributed by atoms with Gasteiger partial charge >= 0.3 is 0 Å². The minimum atomic E-state index is -0.201. The van der Waals surface area contributed by atoms with Crippen LogP contribution in [0.5, 0.6) is 11.5 Å². The zero-order valence-electron chi connectivity index (χ0n) is 14.8. The van der Waals surface area contributed by atoms with E-state index in [1.165, 1.54) is 5.56 Å². The molecule has 1 saturated heterocycles. The summed E-state index contributed by atoms with van der Waals surface area (Å²) in [5.41, 5.74) is 3.28. The van der Waals surface area contributed by atoms with Gasteiger partial charge in [0.2, 0.25) is 0 Å². The Hall–Kier alpha value is -2.79. The van der Waals surface area contributed by atoms with Gasteiger partial charge in [-0.3, -0.25) is 4.68 Å². The van der Waals surface area contributed by atoms with Crippen molar-refractivity contribution < 1.29 is 14.2 Å². The SMILES string of the molecule is COc1ccc(-c2ccnn2Cc2ccccc2)cc1OC1CCCO1. The molecule has 1 aliphatic heterocycles. The molecule has 5 nitrogen and oxygen atoms in total. The molecule has 0 aliphatic carbocycles. The molecule has 0 amide bonds. The van der Waals surface area contributed by atoms with Gasteiger partial charge in [0.05, 0.1) is 26.0 Å². The van der Waals surface area contributed by atoms with Gasteiger partial charge in [-0.25, -0.2) is 0 Å². The number of rotatable bonds is 6. The summed E-state index contributed by atoms with van der Waals surface area (Å²) in [4.78, 5) is 0. The number of benzene rings is 2. The van der Waals surface area contributed by atoms with E-state index in [1.807, 2.05) is 53.3 Å². The average molecular weight is 350 g/mol. The second-order valence-electron chi connectivity index (χ2n) is 6.29. The number of hydrogen-bond acceptors (Lipinski definition) is 4. The van der Waals surface area contributed by atoms with E-state index in [0.29, 0.717) is 11.5 Å². The van der Waals surface area contributed by atoms with E-state index in [-0.39, 0.29) is 6.29 Å². The van der Waals surface area contributed by atoms with E-state index in [1.54, 1.807) is 7.11 Å². The largest absolute Gasteiger partial charge is 0.493 e. The minimum Gasteiger partial charge on any atom is -0.493 e. The van der Waals surface area contributed by atoms with Crippen molar-refractivity contribution in [1.29, 1.82) is 0 Å². The van der Waals surface area contributed by atoms with Gasteiger partial charge in [0.1, 0.15) is 0 Å². The summed E-state index contributed by atoms with van der Waals surface area (Å²) in [5, 5.41) is 4.48. The molecule has 1 aromatic heterocycles. The molecule has 1 atom stereocenters. The van der Waals surface area contributed by atoms with Crippen molar-refractivity contribution in [2.75, 3.05) is 13.7 Å². The van der Waals surface area contributed by atoms with Crippen LogP contribution in [0.3, 0.4) is 0 Å². The smallest absolute Gasteiger partial charge is 0.200 e. The Bertz CT molecular complexity index is 855. The quantitative estimate of drug-likeness (QED) is 0.671. The first-order valence-electron chi connectivity index (χ1n) is 8.86. The number of ether oxygens (including phenoxy) is 3. The molecule has 134 valence electrons. The highest BCUT2D eigenvalue weighted by Gasteiger charge is 2.20. The molecular formula is C21H22N2O3. The first-order chi connectivity index (χ1) is 12.8. The lowest BCUT2D eigenvalue weighted by atomic mass is 10.1. The number of methoxy groups -OCH3 is 1. The summed E-state index contributed by atoms with van der Waals surface area (Å²) >= 11 is 0. The van der Waals surface area contributed by atoms with Crippen molar-refractivity contribution in [3.05, 3.63) is 66.4 Å². The Balaban J connectivity index is 1.62. The molecular weight excluding hydrogens is 328 g/mol. The molecule has 4 rings (SSSR count). The topological polar surface area (TPSA) is 45.5 Å². The fourth-order valence-corrected chi connectivity index (χ4v) is 3.17. The average Bonchev–Trinajstić information content (AvgIpc) is 3.35. The number of nitrogens with zero attached hydrogens (tertiary/aromatic N) is 2. The number of hydrogen-bond donors (Lipinski definition) is 0. The maximum Gasteiger partial charge on any atom is 0.200 e. The summed E-state index contributed by atoms with van der Waals surface area (Å²) in [6.07, 6.45) is 3.55. The van der Waals surface area contributed by atoms with E-state index in [9.17, 15) is 0 Å². The zero-order valence-corrected chi connectivity index (χ0v) is 14.8. The third-order valence-electron chi connectivity index (χ3n) is 4.50. The molecule has 3 aromatic rings. The summed E-state index contributed by atoms with van der Waals surface area (Å²) in [7, 11) is 1.65. The van der Waals surface area contributed by atoms with Crippen LogP contribution in [0.4, 0.5) is 0 Å². The summed E-state index contributed by atoms with van der Waals surface area (Å²) in [6, 6.07) is 18.3. The van der Waals surface area contributed by atoms with Gasteiger partial charge in [-0.2, -0.15) is 5.10 Å². The summed E-state index contributed by atoms with van der Waals surface area (Å²) < 4.78 is 19.1. The van der Waals surface area contributed by atoms with Crippen LogP contribution < -0.4 is 9.47 Å². The highest BCUT2D eigenvalue weighted by molar-refractivity contribution is 5.64. The third-order valence-corrected chi connectivity index (χ3v) is 4.50. The predicted octanol–water partition coefficient (Wildman–Crippen LogP) is 4.12. The zero-order chi connectivity index (χ0) is 17.8. The van der Waals surface area contributed by atoms with Crippen LogP contribution in [0.15, 0.2) is 60.8 Å². The fraction of sp³-hybridized carbons (Fsp3) is 0.286. The van der Waals surface area contributed by atoms with E-state index < -0.39 is 0 Å². The second-order valence-corrected chi connectivity index (χ2v) is 6.29. The maximum absolute atomic E-state index is 6.02. The molecule has 2 aromatic carbocycles. The van der Waals surface area contributed by atoms with Crippen molar-refractivity contribution in [3.8, 4) is 22.8 Å². The van der Waals surface area contributed by atoms with Gasteiger partial charge in [0.15, 0.2) is 17.8 Å². The van der Waals surface area contributed by atoms with E-state index in [2.05, 4.69) is 17.2 Å². The summed E-state index contributed by atoms with van der Waals surface area (Å²) in [6.45, 7) is 1.47. The maximum atomic E-state index is 6.02. The van der Waals surface area contributed by atoms with Crippen LogP contribution >= 0.6 is 0 Å². The Labute approximate surface area is 153 Å². The lowest BCUT2D eigenvalue weighted by Gasteiger charge is -2.17. The van der Waals surface area contributed by atoms with Gasteiger partial charge in [-0.05, 0) is 36.2 Å². The van der Waals surface area contributed by atoms with Gasteiger partial charge in [-0.1, -0.05) is 30.3 Å². The van der Waals surface area contributed by atoms with E-state index in [0.717, 1.165) is 37.3 Å². The number of aromatic nitrogens is 2. The van der Waals surface area contributed by atoms with Gasteiger partial charge in [-0.15, -0.1) is 0 Å². The molecule has 0 bridgehead atoms. The second kappa shape index (κ2) is 7.62. The minimum absolute atomic E-state index is 0.201. The Kier molecular flexibility index (Phi) is 4.88. The van der Waals surface area contributed by atoms with Crippen LogP contribution in [0, 0.1) is 0 Å². The molecule has 0 N–H and O–H groups in total. The standard InChI is InChI=1S/C21H22N2O3/c1-24-19-10-9-17(14-20(19)26-21-8-5-13-25-21)18-11-12-22-23(18)15-16-6-3-2-4-7-16/h2-4,6-7,9-12,14,21H,5,8,13,15H2,1H3. The van der Waals surface area contributed by atoms with Crippen molar-refractivity contribution >= 4 is 0 Å². The van der Waals surface area contributed by atoms with Crippen molar-refractivity contribution in [1.82, 2.24) is 9.78 Å². The molecule has 5 heteroatoms. The lowest BCUT2D eigenvalue weighted by Crippen LogP contribution is -2.14. The Morgan fingerprint density at radius 1 is 1.12 bits per heavy atom. The molecule has 1 aliphatic rings. The molecule has 0 spiro atoms. The monoisotopic (exact) mass is 350 g/mol. The van der Waals surface area contributed by atoms with Crippen LogP contribution in [0.25, 0.3) is 11.3 Å². The Morgan fingerprint density at radius 3 is 2.77 bits per heavy atom. The van der Waals surface area contributed by atoms with Gasteiger partial charge in [0.25, 0.3) is 0 Å². The van der Waals surface area contributed by atoms with E-state index in [4.69, 9.17) is 14.2 Å². The molecule has 2 heterocycles. The lowest BCUT2D eigenvalue weighted by molar-refractivity contribution is -0.0402.